The summed E-state index contributed by atoms with van der Waals surface area (Å²) in [5, 5.41) is 0. The molecule has 0 aliphatic carbocycles. The Bertz CT molecular complexity index is 483. The van der Waals surface area contributed by atoms with Gasteiger partial charge in [0.05, 0.1) is 13.2 Å². The molecule has 1 aromatic heterocycles. The second-order valence-corrected chi connectivity index (χ2v) is 4.27. The summed E-state index contributed by atoms with van der Waals surface area (Å²) in [7, 11) is 1.52. The van der Waals surface area contributed by atoms with Crippen molar-refractivity contribution in [2.24, 2.45) is 0 Å². The molecule has 6 nitrogen and oxygen atoms in total. The molecule has 6 heteroatoms. The van der Waals surface area contributed by atoms with Gasteiger partial charge in [0, 0.05) is 13.3 Å². The molecule has 0 aliphatic heterocycles. The maximum atomic E-state index is 12.2. The Hall–Kier alpha value is -1.82. The van der Waals surface area contributed by atoms with Gasteiger partial charge in [0.1, 0.15) is 12.6 Å². The molecule has 1 heterocycles. The maximum Gasteiger partial charge on any atom is 0.329 e. The van der Waals surface area contributed by atoms with Crippen LogP contribution in [-0.2, 0) is 14.3 Å². The third kappa shape index (κ3) is 4.38. The third-order valence-electron chi connectivity index (χ3n) is 2.69. The molecule has 1 aromatic rings. The van der Waals surface area contributed by atoms with Gasteiger partial charge in [-0.3, -0.25) is 9.36 Å². The summed E-state index contributed by atoms with van der Waals surface area (Å²) in [6.45, 7) is 4.52. The Morgan fingerprint density at radius 2 is 2.10 bits per heavy atom. The van der Waals surface area contributed by atoms with Crippen LogP contribution in [0.4, 0.5) is 0 Å². The van der Waals surface area contributed by atoms with Crippen molar-refractivity contribution in [3.63, 3.8) is 0 Å². The van der Waals surface area contributed by atoms with Crippen molar-refractivity contribution in [2.75, 3.05) is 26.9 Å². The van der Waals surface area contributed by atoms with Gasteiger partial charge in [-0.05, 0) is 25.5 Å². The van der Waals surface area contributed by atoms with Crippen LogP contribution in [-0.4, -0.2) is 37.5 Å². The minimum Gasteiger partial charge on any atom is -0.488 e. The minimum atomic E-state index is -0.704. The number of rotatable bonds is 8. The van der Waals surface area contributed by atoms with Gasteiger partial charge in [-0.2, -0.15) is 0 Å². The highest BCUT2D eigenvalue weighted by Crippen LogP contribution is 2.09. The maximum absolute atomic E-state index is 12.2. The molecule has 0 bridgehead atoms. The van der Waals surface area contributed by atoms with E-state index in [1.54, 1.807) is 25.3 Å². The van der Waals surface area contributed by atoms with E-state index >= 15 is 0 Å². The zero-order chi connectivity index (χ0) is 15.0. The van der Waals surface area contributed by atoms with E-state index < -0.39 is 12.0 Å². The van der Waals surface area contributed by atoms with E-state index in [0.29, 0.717) is 13.2 Å². The van der Waals surface area contributed by atoms with Crippen molar-refractivity contribution < 1.29 is 19.0 Å². The van der Waals surface area contributed by atoms with Crippen LogP contribution in [0.1, 0.15) is 26.3 Å². The molecule has 0 amide bonds. The molecule has 1 unspecified atom stereocenters. The second kappa shape index (κ2) is 8.37. The lowest BCUT2D eigenvalue weighted by atomic mass is 10.3. The highest BCUT2D eigenvalue weighted by molar-refractivity contribution is 5.73. The Morgan fingerprint density at radius 1 is 1.35 bits per heavy atom. The molecule has 0 radical (unpaired) electrons. The Kier molecular flexibility index (Phi) is 6.79. The van der Waals surface area contributed by atoms with Gasteiger partial charge < -0.3 is 14.2 Å². The van der Waals surface area contributed by atoms with Crippen molar-refractivity contribution in [3.8, 4) is 5.75 Å². The number of hydrogen-bond acceptors (Lipinski definition) is 5. The first kappa shape index (κ1) is 16.2. The van der Waals surface area contributed by atoms with E-state index in [1.165, 1.54) is 11.7 Å². The topological polar surface area (TPSA) is 66.8 Å². The molecule has 0 aliphatic rings. The predicted octanol–water partition coefficient (Wildman–Crippen LogP) is 1.39. The van der Waals surface area contributed by atoms with Crippen LogP contribution < -0.4 is 10.3 Å². The fourth-order valence-corrected chi connectivity index (χ4v) is 1.58. The van der Waals surface area contributed by atoms with E-state index in [1.807, 2.05) is 6.92 Å². The minimum absolute atomic E-state index is 0.167. The monoisotopic (exact) mass is 283 g/mol. The molecular formula is C14H21NO5. The lowest BCUT2D eigenvalue weighted by Gasteiger charge is -2.15. The highest BCUT2D eigenvalue weighted by Gasteiger charge is 2.18. The van der Waals surface area contributed by atoms with Crippen LogP contribution in [0, 0.1) is 0 Å². The second-order valence-electron chi connectivity index (χ2n) is 4.27. The average Bonchev–Trinajstić information content (AvgIpc) is 2.45. The Labute approximate surface area is 118 Å². The normalized spacial score (nSPS) is 11.9. The SMILES string of the molecule is CCCOc1cccn(C(C)C(=O)OCCOC)c1=O. The lowest BCUT2D eigenvalue weighted by molar-refractivity contribution is -0.148. The highest BCUT2D eigenvalue weighted by atomic mass is 16.6. The number of nitrogens with zero attached hydrogens (tertiary/aromatic N) is 1. The Balaban J connectivity index is 2.79. The lowest BCUT2D eigenvalue weighted by Crippen LogP contribution is -2.30. The van der Waals surface area contributed by atoms with Gasteiger partial charge in [-0.1, -0.05) is 6.92 Å². The number of hydrogen-bond donors (Lipinski definition) is 0. The van der Waals surface area contributed by atoms with Crippen LogP contribution in [0.3, 0.4) is 0 Å². The van der Waals surface area contributed by atoms with Crippen molar-refractivity contribution in [2.45, 2.75) is 26.3 Å². The first-order valence-electron chi connectivity index (χ1n) is 6.61. The van der Waals surface area contributed by atoms with Crippen LogP contribution >= 0.6 is 0 Å². The quantitative estimate of drug-likeness (QED) is 0.533. The smallest absolute Gasteiger partial charge is 0.329 e. The molecule has 112 valence electrons. The first-order chi connectivity index (χ1) is 9.61. The van der Waals surface area contributed by atoms with Gasteiger partial charge >= 0.3 is 5.97 Å². The van der Waals surface area contributed by atoms with Gasteiger partial charge in [-0.15, -0.1) is 0 Å². The fraction of sp³-hybridized carbons (Fsp3) is 0.571. The largest absolute Gasteiger partial charge is 0.488 e. The molecule has 1 rings (SSSR count). The van der Waals surface area contributed by atoms with Crippen LogP contribution in [0.2, 0.25) is 0 Å². The molecule has 0 aromatic carbocycles. The number of carbonyl (C=O) groups excluding carboxylic acids is 1. The van der Waals surface area contributed by atoms with Gasteiger partial charge in [0.15, 0.2) is 5.75 Å². The van der Waals surface area contributed by atoms with Crippen LogP contribution in [0.15, 0.2) is 23.1 Å². The van der Waals surface area contributed by atoms with Crippen molar-refractivity contribution in [3.05, 3.63) is 28.7 Å². The number of aromatic nitrogens is 1. The number of esters is 1. The number of methoxy groups -OCH3 is 1. The molecular weight excluding hydrogens is 262 g/mol. The molecule has 0 fully saturated rings. The Morgan fingerprint density at radius 3 is 2.75 bits per heavy atom. The summed E-state index contributed by atoms with van der Waals surface area (Å²) in [4.78, 5) is 24.0. The predicted molar refractivity (Wildman–Crippen MR) is 74.0 cm³/mol. The van der Waals surface area contributed by atoms with Crippen molar-refractivity contribution in [1.82, 2.24) is 4.57 Å². The van der Waals surface area contributed by atoms with E-state index in [-0.39, 0.29) is 17.9 Å². The van der Waals surface area contributed by atoms with Crippen LogP contribution in [0.5, 0.6) is 5.75 Å². The molecule has 0 saturated heterocycles. The van der Waals surface area contributed by atoms with Crippen molar-refractivity contribution >= 4 is 5.97 Å². The van der Waals surface area contributed by atoms with Crippen LogP contribution in [0.25, 0.3) is 0 Å². The van der Waals surface area contributed by atoms with Gasteiger partial charge in [-0.25, -0.2) is 4.79 Å². The van der Waals surface area contributed by atoms with Gasteiger partial charge in [0.25, 0.3) is 5.56 Å². The zero-order valence-electron chi connectivity index (χ0n) is 12.1. The molecule has 1 atom stereocenters. The summed E-state index contributed by atoms with van der Waals surface area (Å²) in [5.41, 5.74) is -0.336. The first-order valence-corrected chi connectivity index (χ1v) is 6.61. The summed E-state index contributed by atoms with van der Waals surface area (Å²) in [5.74, 6) is -0.234. The van der Waals surface area contributed by atoms with E-state index in [9.17, 15) is 9.59 Å². The number of pyridine rings is 1. The molecule has 20 heavy (non-hydrogen) atoms. The zero-order valence-corrected chi connectivity index (χ0v) is 12.1. The van der Waals surface area contributed by atoms with E-state index in [4.69, 9.17) is 14.2 Å². The van der Waals surface area contributed by atoms with E-state index in [2.05, 4.69) is 0 Å². The van der Waals surface area contributed by atoms with Crippen molar-refractivity contribution in [1.29, 1.82) is 0 Å². The summed E-state index contributed by atoms with van der Waals surface area (Å²) in [6.07, 6.45) is 2.35. The summed E-state index contributed by atoms with van der Waals surface area (Å²) in [6, 6.07) is 2.56. The number of carbonyl (C=O) groups is 1. The molecule has 0 spiro atoms. The van der Waals surface area contributed by atoms with Gasteiger partial charge in [0.2, 0.25) is 0 Å². The third-order valence-corrected chi connectivity index (χ3v) is 2.69. The van der Waals surface area contributed by atoms with E-state index in [0.717, 1.165) is 6.42 Å². The molecule has 0 saturated carbocycles. The average molecular weight is 283 g/mol. The summed E-state index contributed by atoms with van der Waals surface area (Å²) < 4.78 is 16.5. The standard InChI is InChI=1S/C14H21NO5/c1-4-8-19-12-6-5-7-15(13(12)16)11(2)14(17)20-10-9-18-3/h5-7,11H,4,8-10H2,1-3H3. The molecule has 0 N–H and O–H groups in total. The number of ether oxygens (including phenoxy) is 3. The summed E-state index contributed by atoms with van der Waals surface area (Å²) >= 11 is 0. The fourth-order valence-electron chi connectivity index (χ4n) is 1.58.